The Hall–Kier alpha value is -2.28. The van der Waals surface area contributed by atoms with Crippen LogP contribution in [0.1, 0.15) is 35.6 Å². The standard InChI is InChI=1S/C30H33Cl2NO4/c31-28-12-3-23(19-29(28)32)21-37-30(24-4-5-24)25-6-10-27(11-7-25)36-20-22-1-8-26(9-2-22)35-18-15-33-13-16-34-17-14-33/h1-3,6-12,19,24,30H,4-5,13-18,20-21H2. The number of hydrogen-bond acceptors (Lipinski definition) is 5. The second kappa shape index (κ2) is 13.0. The number of morpholine rings is 1. The first kappa shape index (κ1) is 26.3. The SMILES string of the molecule is Clc1ccc(COC(c2ccc(OCc3ccc(OCCN4CCOCC4)cc3)cc2)C2CC2)cc1Cl. The zero-order valence-corrected chi connectivity index (χ0v) is 22.4. The molecule has 196 valence electrons. The maximum absolute atomic E-state index is 6.31. The van der Waals surface area contributed by atoms with E-state index in [4.69, 9.17) is 42.1 Å². The minimum absolute atomic E-state index is 0.0688. The highest BCUT2D eigenvalue weighted by Gasteiger charge is 2.33. The highest BCUT2D eigenvalue weighted by atomic mass is 35.5. The molecule has 0 spiro atoms. The predicted octanol–water partition coefficient (Wildman–Crippen LogP) is 6.95. The molecular formula is C30H33Cl2NO4. The fraction of sp³-hybridized carbons (Fsp3) is 0.400. The van der Waals surface area contributed by atoms with E-state index >= 15 is 0 Å². The van der Waals surface area contributed by atoms with Crippen LogP contribution in [0, 0.1) is 5.92 Å². The zero-order chi connectivity index (χ0) is 25.5. The molecule has 1 unspecified atom stereocenters. The summed E-state index contributed by atoms with van der Waals surface area (Å²) in [7, 11) is 0. The molecule has 7 heteroatoms. The lowest BCUT2D eigenvalue weighted by Gasteiger charge is -2.26. The van der Waals surface area contributed by atoms with Crippen molar-refractivity contribution in [1.82, 2.24) is 4.90 Å². The van der Waals surface area contributed by atoms with E-state index in [1.165, 1.54) is 18.4 Å². The highest BCUT2D eigenvalue weighted by molar-refractivity contribution is 6.42. The van der Waals surface area contributed by atoms with Crippen LogP contribution in [0.25, 0.3) is 0 Å². The summed E-state index contributed by atoms with van der Waals surface area (Å²) >= 11 is 12.2. The van der Waals surface area contributed by atoms with Crippen LogP contribution in [0.3, 0.4) is 0 Å². The van der Waals surface area contributed by atoms with Gasteiger partial charge in [0.15, 0.2) is 0 Å². The van der Waals surface area contributed by atoms with Crippen LogP contribution >= 0.6 is 23.2 Å². The monoisotopic (exact) mass is 541 g/mol. The van der Waals surface area contributed by atoms with Crippen LogP contribution in [0.15, 0.2) is 66.7 Å². The van der Waals surface area contributed by atoms with Gasteiger partial charge in [-0.1, -0.05) is 53.5 Å². The quantitative estimate of drug-likeness (QED) is 0.248. The molecule has 1 atom stereocenters. The van der Waals surface area contributed by atoms with Gasteiger partial charge in [0.2, 0.25) is 0 Å². The fourth-order valence-corrected chi connectivity index (χ4v) is 4.76. The number of ether oxygens (including phenoxy) is 4. The van der Waals surface area contributed by atoms with Crippen molar-refractivity contribution in [1.29, 1.82) is 0 Å². The Balaban J connectivity index is 1.08. The van der Waals surface area contributed by atoms with Gasteiger partial charge < -0.3 is 18.9 Å². The molecular weight excluding hydrogens is 509 g/mol. The molecule has 1 saturated carbocycles. The molecule has 5 nitrogen and oxygen atoms in total. The van der Waals surface area contributed by atoms with E-state index < -0.39 is 0 Å². The topological polar surface area (TPSA) is 40.2 Å². The first-order valence-corrected chi connectivity index (χ1v) is 13.7. The van der Waals surface area contributed by atoms with Crippen molar-refractivity contribution in [2.24, 2.45) is 5.92 Å². The fourth-order valence-electron chi connectivity index (χ4n) is 4.44. The molecule has 0 N–H and O–H groups in total. The van der Waals surface area contributed by atoms with Gasteiger partial charge in [0.25, 0.3) is 0 Å². The summed E-state index contributed by atoms with van der Waals surface area (Å²) in [6.07, 6.45) is 2.45. The molecule has 0 bridgehead atoms. The molecule has 1 heterocycles. The minimum Gasteiger partial charge on any atom is -0.492 e. The normalized spacial score (nSPS) is 16.9. The van der Waals surface area contributed by atoms with Gasteiger partial charge in [-0.3, -0.25) is 4.90 Å². The summed E-state index contributed by atoms with van der Waals surface area (Å²) in [6, 6.07) is 22.0. The Kier molecular flexibility index (Phi) is 9.24. The first-order chi connectivity index (χ1) is 18.1. The lowest BCUT2D eigenvalue weighted by Crippen LogP contribution is -2.38. The van der Waals surface area contributed by atoms with Crippen molar-refractivity contribution in [3.63, 3.8) is 0 Å². The lowest BCUT2D eigenvalue weighted by atomic mass is 10.0. The van der Waals surface area contributed by atoms with E-state index in [-0.39, 0.29) is 6.10 Å². The van der Waals surface area contributed by atoms with Gasteiger partial charge in [0, 0.05) is 19.6 Å². The summed E-state index contributed by atoms with van der Waals surface area (Å²) in [5, 5.41) is 1.11. The number of hydrogen-bond donors (Lipinski definition) is 0. The second-order valence-corrected chi connectivity index (χ2v) is 10.4. The van der Waals surface area contributed by atoms with Gasteiger partial charge in [0.05, 0.1) is 36.0 Å². The molecule has 37 heavy (non-hydrogen) atoms. The second-order valence-electron chi connectivity index (χ2n) is 9.62. The molecule has 5 rings (SSSR count). The average Bonchev–Trinajstić information content (AvgIpc) is 3.77. The van der Waals surface area contributed by atoms with Crippen molar-refractivity contribution in [2.75, 3.05) is 39.5 Å². The van der Waals surface area contributed by atoms with Crippen molar-refractivity contribution in [3.8, 4) is 11.5 Å². The largest absolute Gasteiger partial charge is 0.492 e. The highest BCUT2D eigenvalue weighted by Crippen LogP contribution is 2.44. The van der Waals surface area contributed by atoms with Crippen LogP contribution in [-0.2, 0) is 22.7 Å². The number of benzene rings is 3. The molecule has 0 aromatic heterocycles. The smallest absolute Gasteiger partial charge is 0.119 e. The van der Waals surface area contributed by atoms with E-state index in [1.54, 1.807) is 0 Å². The minimum atomic E-state index is 0.0688. The molecule has 3 aromatic rings. The Morgan fingerprint density at radius 3 is 2.16 bits per heavy atom. The maximum Gasteiger partial charge on any atom is 0.119 e. The van der Waals surface area contributed by atoms with Gasteiger partial charge in [-0.25, -0.2) is 0 Å². The van der Waals surface area contributed by atoms with E-state index in [2.05, 4.69) is 29.2 Å². The van der Waals surface area contributed by atoms with Crippen molar-refractivity contribution < 1.29 is 18.9 Å². The summed E-state index contributed by atoms with van der Waals surface area (Å²) in [4.78, 5) is 2.37. The molecule has 3 aromatic carbocycles. The van der Waals surface area contributed by atoms with Crippen LogP contribution in [0.2, 0.25) is 10.0 Å². The Morgan fingerprint density at radius 2 is 1.46 bits per heavy atom. The average molecular weight is 543 g/mol. The Morgan fingerprint density at radius 1 is 0.784 bits per heavy atom. The van der Waals surface area contributed by atoms with Crippen LogP contribution in [0.4, 0.5) is 0 Å². The third-order valence-corrected chi connectivity index (χ3v) is 7.52. The molecule has 1 aliphatic heterocycles. The van der Waals surface area contributed by atoms with Crippen LogP contribution in [0.5, 0.6) is 11.5 Å². The van der Waals surface area contributed by atoms with Crippen LogP contribution < -0.4 is 9.47 Å². The summed E-state index contributed by atoms with van der Waals surface area (Å²) < 4.78 is 23.6. The van der Waals surface area contributed by atoms with E-state index in [0.29, 0.717) is 35.8 Å². The summed E-state index contributed by atoms with van der Waals surface area (Å²) in [6.45, 7) is 6.20. The van der Waals surface area contributed by atoms with E-state index in [0.717, 1.165) is 55.5 Å². The molecule has 0 radical (unpaired) electrons. The predicted molar refractivity (Wildman–Crippen MR) is 147 cm³/mol. The zero-order valence-electron chi connectivity index (χ0n) is 20.9. The van der Waals surface area contributed by atoms with Crippen molar-refractivity contribution >= 4 is 23.2 Å². The first-order valence-electron chi connectivity index (χ1n) is 12.9. The van der Waals surface area contributed by atoms with Gasteiger partial charge in [-0.2, -0.15) is 0 Å². The number of nitrogens with zero attached hydrogens (tertiary/aromatic N) is 1. The maximum atomic E-state index is 6.31. The molecule has 2 aliphatic rings. The molecule has 1 aliphatic carbocycles. The lowest BCUT2D eigenvalue weighted by molar-refractivity contribution is 0.0245. The van der Waals surface area contributed by atoms with Crippen LogP contribution in [-0.4, -0.2) is 44.4 Å². The van der Waals surface area contributed by atoms with E-state index in [9.17, 15) is 0 Å². The van der Waals surface area contributed by atoms with Gasteiger partial charge >= 0.3 is 0 Å². The third-order valence-electron chi connectivity index (χ3n) is 6.78. The van der Waals surface area contributed by atoms with Gasteiger partial charge in [-0.05, 0) is 71.8 Å². The van der Waals surface area contributed by atoms with E-state index in [1.807, 2.05) is 42.5 Å². The number of halogens is 2. The van der Waals surface area contributed by atoms with Crippen molar-refractivity contribution in [2.45, 2.75) is 32.2 Å². The summed E-state index contributed by atoms with van der Waals surface area (Å²) in [5.74, 6) is 2.28. The molecule has 1 saturated heterocycles. The third kappa shape index (κ3) is 7.86. The van der Waals surface area contributed by atoms with Gasteiger partial charge in [-0.15, -0.1) is 0 Å². The molecule has 2 fully saturated rings. The number of rotatable bonds is 12. The Labute approximate surface area is 229 Å². The summed E-state index contributed by atoms with van der Waals surface area (Å²) in [5.41, 5.74) is 3.30. The van der Waals surface area contributed by atoms with Crippen molar-refractivity contribution in [3.05, 3.63) is 93.5 Å². The molecule has 0 amide bonds. The Bertz CT molecular complexity index is 1130. The van der Waals surface area contributed by atoms with Gasteiger partial charge in [0.1, 0.15) is 24.7 Å².